The third-order valence-corrected chi connectivity index (χ3v) is 3.88. The maximum absolute atomic E-state index is 13.5. The molecule has 2 rings (SSSR count). The summed E-state index contributed by atoms with van der Waals surface area (Å²) in [4.78, 5) is 36.2. The minimum absolute atomic E-state index is 0.0453. The highest BCUT2D eigenvalue weighted by Gasteiger charge is 2.21. The third-order valence-electron chi connectivity index (χ3n) is 3.88. The number of nitrogens with one attached hydrogen (secondary N) is 3. The van der Waals surface area contributed by atoms with Gasteiger partial charge in [0, 0.05) is 29.8 Å². The van der Waals surface area contributed by atoms with E-state index in [0.717, 1.165) is 0 Å². The van der Waals surface area contributed by atoms with E-state index in [4.69, 9.17) is 0 Å². The molecule has 3 amide bonds. The zero-order chi connectivity index (χ0) is 20.7. The zero-order valence-electron chi connectivity index (χ0n) is 16.1. The van der Waals surface area contributed by atoms with E-state index in [9.17, 15) is 18.8 Å². The Morgan fingerprint density at radius 3 is 2.18 bits per heavy atom. The van der Waals surface area contributed by atoms with Gasteiger partial charge in [-0.3, -0.25) is 14.4 Å². The minimum Gasteiger partial charge on any atom is -0.350 e. The second-order valence-corrected chi connectivity index (χ2v) is 7.28. The SMILES string of the molecule is CC(C)(C)C(=O)Nc1cccc(C(=O)NCCNC(=O)c2ccccc2F)c1. The molecule has 28 heavy (non-hydrogen) atoms. The van der Waals surface area contributed by atoms with E-state index in [1.54, 1.807) is 51.1 Å². The molecule has 2 aromatic rings. The molecule has 0 unspecified atom stereocenters. The Morgan fingerprint density at radius 2 is 1.54 bits per heavy atom. The van der Waals surface area contributed by atoms with Crippen LogP contribution >= 0.6 is 0 Å². The van der Waals surface area contributed by atoms with Crippen molar-refractivity contribution in [2.75, 3.05) is 18.4 Å². The normalized spacial score (nSPS) is 10.9. The molecule has 2 aromatic carbocycles. The summed E-state index contributed by atoms with van der Waals surface area (Å²) in [5.74, 6) is -1.63. The first-order chi connectivity index (χ1) is 13.2. The molecule has 3 N–H and O–H groups in total. The van der Waals surface area contributed by atoms with Crippen LogP contribution in [-0.4, -0.2) is 30.8 Å². The van der Waals surface area contributed by atoms with Gasteiger partial charge in [0.1, 0.15) is 5.82 Å². The lowest BCUT2D eigenvalue weighted by Gasteiger charge is -2.18. The van der Waals surface area contributed by atoms with E-state index < -0.39 is 17.1 Å². The van der Waals surface area contributed by atoms with Crippen molar-refractivity contribution >= 4 is 23.4 Å². The second kappa shape index (κ2) is 9.12. The molecule has 0 aliphatic carbocycles. The summed E-state index contributed by atoms with van der Waals surface area (Å²) in [6.45, 7) is 5.73. The van der Waals surface area contributed by atoms with Gasteiger partial charge in [0.05, 0.1) is 5.56 Å². The summed E-state index contributed by atoms with van der Waals surface area (Å²) in [6, 6.07) is 12.3. The smallest absolute Gasteiger partial charge is 0.254 e. The largest absolute Gasteiger partial charge is 0.350 e. The number of hydrogen-bond donors (Lipinski definition) is 3. The lowest BCUT2D eigenvalue weighted by Crippen LogP contribution is -2.35. The average molecular weight is 385 g/mol. The van der Waals surface area contributed by atoms with Crippen LogP contribution in [0.2, 0.25) is 0 Å². The van der Waals surface area contributed by atoms with Crippen LogP contribution in [0.3, 0.4) is 0 Å². The van der Waals surface area contributed by atoms with Gasteiger partial charge < -0.3 is 16.0 Å². The van der Waals surface area contributed by atoms with Crippen LogP contribution < -0.4 is 16.0 Å². The van der Waals surface area contributed by atoms with Crippen LogP contribution in [0.25, 0.3) is 0 Å². The number of anilines is 1. The highest BCUT2D eigenvalue weighted by atomic mass is 19.1. The first-order valence-electron chi connectivity index (χ1n) is 8.91. The van der Waals surface area contributed by atoms with Gasteiger partial charge in [0.15, 0.2) is 0 Å². The van der Waals surface area contributed by atoms with Crippen molar-refractivity contribution in [1.29, 1.82) is 0 Å². The summed E-state index contributed by atoms with van der Waals surface area (Å²) >= 11 is 0. The molecule has 0 heterocycles. The molecule has 7 heteroatoms. The molecule has 0 saturated heterocycles. The number of amides is 3. The van der Waals surface area contributed by atoms with E-state index in [2.05, 4.69) is 16.0 Å². The monoisotopic (exact) mass is 385 g/mol. The molecule has 0 aliphatic heterocycles. The first-order valence-corrected chi connectivity index (χ1v) is 8.91. The van der Waals surface area contributed by atoms with Crippen LogP contribution in [0.4, 0.5) is 10.1 Å². The summed E-state index contributed by atoms with van der Waals surface area (Å²) < 4.78 is 13.5. The molecule has 0 aromatic heterocycles. The van der Waals surface area contributed by atoms with Gasteiger partial charge in [-0.1, -0.05) is 39.0 Å². The molecule has 0 spiro atoms. The molecule has 0 radical (unpaired) electrons. The summed E-state index contributed by atoms with van der Waals surface area (Å²) in [6.07, 6.45) is 0. The van der Waals surface area contributed by atoms with Gasteiger partial charge in [-0.2, -0.15) is 0 Å². The Bertz CT molecular complexity index is 875. The predicted octanol–water partition coefficient (Wildman–Crippen LogP) is 2.97. The Balaban J connectivity index is 1.85. The number of carbonyl (C=O) groups excluding carboxylic acids is 3. The lowest BCUT2D eigenvalue weighted by atomic mass is 9.95. The molecule has 0 atom stereocenters. The number of carbonyl (C=O) groups is 3. The fourth-order valence-electron chi connectivity index (χ4n) is 2.25. The summed E-state index contributed by atoms with van der Waals surface area (Å²) in [5, 5.41) is 7.99. The number of halogens is 1. The average Bonchev–Trinajstić information content (AvgIpc) is 2.64. The van der Waals surface area contributed by atoms with Crippen molar-refractivity contribution in [3.8, 4) is 0 Å². The highest BCUT2D eigenvalue weighted by molar-refractivity contribution is 5.98. The van der Waals surface area contributed by atoms with Crippen LogP contribution in [0.1, 0.15) is 41.5 Å². The predicted molar refractivity (Wildman–Crippen MR) is 106 cm³/mol. The van der Waals surface area contributed by atoms with Gasteiger partial charge in [-0.05, 0) is 30.3 Å². The van der Waals surface area contributed by atoms with Gasteiger partial charge in [-0.15, -0.1) is 0 Å². The van der Waals surface area contributed by atoms with Crippen molar-refractivity contribution in [1.82, 2.24) is 10.6 Å². The van der Waals surface area contributed by atoms with E-state index in [1.807, 2.05) is 0 Å². The molecular formula is C21H24FN3O3. The quantitative estimate of drug-likeness (QED) is 0.668. The summed E-state index contributed by atoms with van der Waals surface area (Å²) in [5.41, 5.74) is 0.318. The standard InChI is InChI=1S/C21H24FN3O3/c1-21(2,3)20(28)25-15-8-6-7-14(13-15)18(26)23-11-12-24-19(27)16-9-4-5-10-17(16)22/h4-10,13H,11-12H2,1-3H3,(H,23,26)(H,24,27)(H,25,28). The minimum atomic E-state index is -0.599. The van der Waals surface area contributed by atoms with Gasteiger partial charge in [-0.25, -0.2) is 4.39 Å². The van der Waals surface area contributed by atoms with Gasteiger partial charge in [0.2, 0.25) is 5.91 Å². The maximum atomic E-state index is 13.5. The van der Waals surface area contributed by atoms with E-state index in [0.29, 0.717) is 11.3 Å². The van der Waals surface area contributed by atoms with Gasteiger partial charge >= 0.3 is 0 Å². The Kier molecular flexibility index (Phi) is 6.87. The van der Waals surface area contributed by atoms with Crippen molar-refractivity contribution < 1.29 is 18.8 Å². The molecule has 0 aliphatic rings. The van der Waals surface area contributed by atoms with Crippen LogP contribution in [0.15, 0.2) is 48.5 Å². The van der Waals surface area contributed by atoms with Crippen molar-refractivity contribution in [2.45, 2.75) is 20.8 Å². The second-order valence-electron chi connectivity index (χ2n) is 7.28. The van der Waals surface area contributed by atoms with E-state index >= 15 is 0 Å². The Morgan fingerprint density at radius 1 is 0.893 bits per heavy atom. The number of rotatable bonds is 6. The van der Waals surface area contributed by atoms with Crippen molar-refractivity contribution in [3.63, 3.8) is 0 Å². The van der Waals surface area contributed by atoms with E-state index in [-0.39, 0.29) is 30.5 Å². The fraction of sp³-hybridized carbons (Fsp3) is 0.286. The molecule has 0 bridgehead atoms. The number of benzene rings is 2. The van der Waals surface area contributed by atoms with Crippen LogP contribution in [-0.2, 0) is 4.79 Å². The zero-order valence-corrected chi connectivity index (χ0v) is 16.1. The molecule has 6 nitrogen and oxygen atoms in total. The fourth-order valence-corrected chi connectivity index (χ4v) is 2.25. The summed E-state index contributed by atoms with van der Waals surface area (Å²) in [7, 11) is 0. The van der Waals surface area contributed by atoms with Crippen molar-refractivity contribution in [2.24, 2.45) is 5.41 Å². The molecule has 0 fully saturated rings. The highest BCUT2D eigenvalue weighted by Crippen LogP contribution is 2.18. The van der Waals surface area contributed by atoms with E-state index in [1.165, 1.54) is 18.2 Å². The molecule has 148 valence electrons. The number of hydrogen-bond acceptors (Lipinski definition) is 3. The molecule has 0 saturated carbocycles. The van der Waals surface area contributed by atoms with Gasteiger partial charge in [0.25, 0.3) is 11.8 Å². The molecular weight excluding hydrogens is 361 g/mol. The third kappa shape index (κ3) is 5.90. The van der Waals surface area contributed by atoms with Crippen LogP contribution in [0, 0.1) is 11.2 Å². The Labute approximate surface area is 163 Å². The first kappa shape index (κ1) is 21.1. The Hall–Kier alpha value is -3.22. The topological polar surface area (TPSA) is 87.3 Å². The maximum Gasteiger partial charge on any atom is 0.254 e. The van der Waals surface area contributed by atoms with Crippen LogP contribution in [0.5, 0.6) is 0 Å². The lowest BCUT2D eigenvalue weighted by molar-refractivity contribution is -0.123. The van der Waals surface area contributed by atoms with Crippen molar-refractivity contribution in [3.05, 3.63) is 65.5 Å².